The lowest BCUT2D eigenvalue weighted by atomic mass is 10.1. The topological polar surface area (TPSA) is 108 Å². The third-order valence-corrected chi connectivity index (χ3v) is 7.92. The molecular formula is C21H25N5O4S. The first kappa shape index (κ1) is 20.2. The summed E-state index contributed by atoms with van der Waals surface area (Å²) in [6.07, 6.45) is 1.62. The summed E-state index contributed by atoms with van der Waals surface area (Å²) in [7, 11) is -3.72. The molecule has 9 nitrogen and oxygen atoms in total. The number of amides is 1. The number of aromatic nitrogens is 1. The number of carbonyl (C=O) groups is 1. The molecule has 1 saturated carbocycles. The quantitative estimate of drug-likeness (QED) is 0.760. The lowest BCUT2D eigenvalue weighted by Crippen LogP contribution is -2.52. The fraction of sp³-hybridized carbons (Fsp3) is 0.476. The van der Waals surface area contributed by atoms with E-state index in [-0.39, 0.29) is 23.4 Å². The number of rotatable bonds is 5. The smallest absolute Gasteiger partial charge is 0.263 e. The van der Waals surface area contributed by atoms with Crippen LogP contribution in [0.1, 0.15) is 54.1 Å². The Kier molecular flexibility index (Phi) is 4.32. The molecule has 1 amide bonds. The van der Waals surface area contributed by atoms with Crippen molar-refractivity contribution in [1.29, 1.82) is 0 Å². The summed E-state index contributed by atoms with van der Waals surface area (Å²) >= 11 is 0. The van der Waals surface area contributed by atoms with Crippen molar-refractivity contribution in [3.63, 3.8) is 0 Å². The minimum atomic E-state index is -3.72. The highest BCUT2D eigenvalue weighted by Crippen LogP contribution is 2.38. The van der Waals surface area contributed by atoms with E-state index in [1.165, 1.54) is 6.07 Å². The molecule has 1 aliphatic carbocycles. The van der Waals surface area contributed by atoms with Crippen LogP contribution in [0.4, 0.5) is 5.69 Å². The second kappa shape index (κ2) is 6.64. The van der Waals surface area contributed by atoms with Crippen molar-refractivity contribution in [3.8, 4) is 0 Å². The van der Waals surface area contributed by atoms with Crippen molar-refractivity contribution < 1.29 is 17.7 Å². The number of nitrogens with zero attached hydrogens (tertiary/aromatic N) is 4. The Labute approximate surface area is 181 Å². The number of hydrogen-bond donors (Lipinski definition) is 1. The van der Waals surface area contributed by atoms with Crippen LogP contribution in [0.15, 0.2) is 32.6 Å². The highest BCUT2D eigenvalue weighted by atomic mass is 32.2. The van der Waals surface area contributed by atoms with Gasteiger partial charge in [0.1, 0.15) is 5.76 Å². The fourth-order valence-corrected chi connectivity index (χ4v) is 5.62. The maximum absolute atomic E-state index is 13.5. The summed E-state index contributed by atoms with van der Waals surface area (Å²) in [5.74, 6) is 0.936. The Bertz CT molecular complexity index is 1210. The van der Waals surface area contributed by atoms with E-state index in [1.54, 1.807) is 17.0 Å². The highest BCUT2D eigenvalue weighted by Gasteiger charge is 2.43. The van der Waals surface area contributed by atoms with E-state index in [0.717, 1.165) is 18.4 Å². The van der Waals surface area contributed by atoms with E-state index >= 15 is 0 Å². The first-order valence-corrected chi connectivity index (χ1v) is 11.8. The van der Waals surface area contributed by atoms with Gasteiger partial charge in [0.25, 0.3) is 5.91 Å². The number of sulfonamides is 1. The summed E-state index contributed by atoms with van der Waals surface area (Å²) in [6.45, 7) is 8.37. The molecule has 0 saturated heterocycles. The van der Waals surface area contributed by atoms with Crippen molar-refractivity contribution in [2.75, 3.05) is 11.4 Å². The minimum absolute atomic E-state index is 0.0555. The van der Waals surface area contributed by atoms with E-state index in [0.29, 0.717) is 35.2 Å². The number of guanidine groups is 1. The van der Waals surface area contributed by atoms with E-state index < -0.39 is 15.6 Å². The summed E-state index contributed by atoms with van der Waals surface area (Å²) in [5, 5.41) is 3.98. The monoisotopic (exact) mass is 443 g/mol. The number of benzene rings is 1. The molecule has 1 unspecified atom stereocenters. The van der Waals surface area contributed by atoms with Crippen LogP contribution < -0.4 is 9.62 Å². The van der Waals surface area contributed by atoms with E-state index in [4.69, 9.17) is 4.52 Å². The van der Waals surface area contributed by atoms with Gasteiger partial charge in [0.05, 0.1) is 41.0 Å². The van der Waals surface area contributed by atoms with Crippen LogP contribution in [-0.2, 0) is 16.6 Å². The van der Waals surface area contributed by atoms with E-state index in [9.17, 15) is 13.2 Å². The van der Waals surface area contributed by atoms with Crippen molar-refractivity contribution in [1.82, 2.24) is 14.8 Å². The Morgan fingerprint density at radius 2 is 2.03 bits per heavy atom. The van der Waals surface area contributed by atoms with Gasteiger partial charge < -0.3 is 9.42 Å². The SMILES string of the molecule is Cc1noc(C)c1CN1C(=O)c2cc(S(=O)(=O)NC3(C)CC3)ccc2N2C1=NCC2C. The predicted molar refractivity (Wildman–Crippen MR) is 114 cm³/mol. The molecule has 1 atom stereocenters. The van der Waals surface area contributed by atoms with Gasteiger partial charge in [-0.25, -0.2) is 13.1 Å². The van der Waals surface area contributed by atoms with Crippen LogP contribution >= 0.6 is 0 Å². The average molecular weight is 444 g/mol. The number of aliphatic imine (C=N–C) groups is 1. The van der Waals surface area contributed by atoms with Gasteiger partial charge in [-0.3, -0.25) is 14.7 Å². The Morgan fingerprint density at radius 1 is 1.29 bits per heavy atom. The summed E-state index contributed by atoms with van der Waals surface area (Å²) < 4.78 is 33.8. The lowest BCUT2D eigenvalue weighted by molar-refractivity contribution is 0.0832. The molecule has 2 aliphatic heterocycles. The lowest BCUT2D eigenvalue weighted by Gasteiger charge is -2.38. The normalized spacial score (nSPS) is 21.7. The minimum Gasteiger partial charge on any atom is -0.361 e. The van der Waals surface area contributed by atoms with Crippen molar-refractivity contribution in [2.45, 2.75) is 63.6 Å². The molecule has 3 heterocycles. The number of nitrogens with one attached hydrogen (secondary N) is 1. The van der Waals surface area contributed by atoms with Crippen LogP contribution in [0.25, 0.3) is 0 Å². The Balaban J connectivity index is 1.57. The summed E-state index contributed by atoms with van der Waals surface area (Å²) in [5.41, 5.74) is 2.18. The van der Waals surface area contributed by atoms with Gasteiger partial charge in [0.2, 0.25) is 16.0 Å². The molecule has 2 aromatic rings. The van der Waals surface area contributed by atoms with Crippen molar-refractivity contribution in [3.05, 3.63) is 40.8 Å². The van der Waals surface area contributed by atoms with Crippen LogP contribution in [0.3, 0.4) is 0 Å². The molecule has 31 heavy (non-hydrogen) atoms. The Hall–Kier alpha value is -2.72. The number of anilines is 1. The second-order valence-corrected chi connectivity index (χ2v) is 10.6. The average Bonchev–Trinajstić information content (AvgIpc) is 3.17. The molecule has 1 N–H and O–H groups in total. The molecule has 1 aromatic carbocycles. The largest absolute Gasteiger partial charge is 0.361 e. The van der Waals surface area contributed by atoms with Crippen LogP contribution in [0.2, 0.25) is 0 Å². The number of fused-ring (bicyclic) bond motifs is 3. The second-order valence-electron chi connectivity index (χ2n) is 8.90. The maximum Gasteiger partial charge on any atom is 0.263 e. The van der Waals surface area contributed by atoms with Gasteiger partial charge in [-0.2, -0.15) is 0 Å². The zero-order chi connectivity index (χ0) is 22.1. The van der Waals surface area contributed by atoms with Gasteiger partial charge in [-0.15, -0.1) is 0 Å². The number of aryl methyl sites for hydroxylation is 2. The molecule has 0 spiro atoms. The zero-order valence-electron chi connectivity index (χ0n) is 18.0. The molecule has 164 valence electrons. The molecule has 3 aliphatic rings. The first-order valence-electron chi connectivity index (χ1n) is 10.3. The molecule has 0 bridgehead atoms. The van der Waals surface area contributed by atoms with Gasteiger partial charge >= 0.3 is 0 Å². The highest BCUT2D eigenvalue weighted by molar-refractivity contribution is 7.89. The molecule has 0 radical (unpaired) electrons. The summed E-state index contributed by atoms with van der Waals surface area (Å²) in [4.78, 5) is 21.8. The first-order chi connectivity index (χ1) is 14.6. The molecular weight excluding hydrogens is 418 g/mol. The Morgan fingerprint density at radius 3 is 2.68 bits per heavy atom. The molecule has 1 fully saturated rings. The van der Waals surface area contributed by atoms with Crippen molar-refractivity contribution >= 4 is 27.6 Å². The van der Waals surface area contributed by atoms with Gasteiger partial charge in [-0.1, -0.05) is 5.16 Å². The third kappa shape index (κ3) is 3.25. The van der Waals surface area contributed by atoms with Crippen LogP contribution in [0.5, 0.6) is 0 Å². The zero-order valence-corrected chi connectivity index (χ0v) is 18.8. The van der Waals surface area contributed by atoms with Crippen molar-refractivity contribution in [2.24, 2.45) is 4.99 Å². The van der Waals surface area contributed by atoms with Crippen LogP contribution in [0, 0.1) is 13.8 Å². The molecule has 1 aromatic heterocycles. The fourth-order valence-electron chi connectivity index (χ4n) is 4.13. The van der Waals surface area contributed by atoms with Gasteiger partial charge in [0, 0.05) is 11.1 Å². The summed E-state index contributed by atoms with van der Waals surface area (Å²) in [6, 6.07) is 4.81. The number of carbonyl (C=O) groups excluding carboxylic acids is 1. The van der Waals surface area contributed by atoms with E-state index in [2.05, 4.69) is 14.9 Å². The third-order valence-electron chi connectivity index (χ3n) is 6.29. The molecule has 5 rings (SSSR count). The maximum atomic E-state index is 13.5. The predicted octanol–water partition coefficient (Wildman–Crippen LogP) is 2.34. The van der Waals surface area contributed by atoms with Gasteiger partial charge in [0.15, 0.2) is 0 Å². The van der Waals surface area contributed by atoms with E-state index in [1.807, 2.05) is 32.6 Å². The number of hydrogen-bond acceptors (Lipinski definition) is 7. The van der Waals surface area contributed by atoms with Gasteiger partial charge in [-0.05, 0) is 58.7 Å². The molecule has 10 heteroatoms. The standard InChI is InChI=1S/C21H25N5O4S/c1-12-10-22-20-25(11-17-13(2)23-30-14(17)3)19(27)16-9-15(5-6-18(16)26(12)20)31(28,29)24-21(4)7-8-21/h5-6,9,12,24H,7-8,10-11H2,1-4H3. The van der Waals surface area contributed by atoms with Crippen LogP contribution in [-0.4, -0.2) is 48.5 Å².